The molecule has 2 aromatic rings. The van der Waals surface area contributed by atoms with E-state index in [0.717, 1.165) is 17.0 Å². The van der Waals surface area contributed by atoms with Gasteiger partial charge in [0.25, 0.3) is 0 Å². The van der Waals surface area contributed by atoms with Gasteiger partial charge < -0.3 is 14.6 Å². The third-order valence-electron chi connectivity index (χ3n) is 3.24. The summed E-state index contributed by atoms with van der Waals surface area (Å²) in [4.78, 5) is 0. The van der Waals surface area contributed by atoms with E-state index in [1.807, 2.05) is 26.0 Å². The highest BCUT2D eigenvalue weighted by Crippen LogP contribution is 2.30. The Bertz CT molecular complexity index is 593. The van der Waals surface area contributed by atoms with Crippen molar-refractivity contribution in [1.82, 2.24) is 9.78 Å². The summed E-state index contributed by atoms with van der Waals surface area (Å²) in [6.07, 6.45) is -0.646. The van der Waals surface area contributed by atoms with Gasteiger partial charge in [0.1, 0.15) is 0 Å². The molecule has 1 heterocycles. The maximum absolute atomic E-state index is 10.3. The number of hydrogen-bond acceptors (Lipinski definition) is 4. The van der Waals surface area contributed by atoms with Crippen LogP contribution in [-0.2, 0) is 6.54 Å². The highest BCUT2D eigenvalue weighted by Gasteiger charge is 2.14. The molecule has 1 unspecified atom stereocenters. The highest BCUT2D eigenvalue weighted by molar-refractivity contribution is 5.43. The van der Waals surface area contributed by atoms with Crippen molar-refractivity contribution in [2.24, 2.45) is 0 Å². The van der Waals surface area contributed by atoms with Gasteiger partial charge in [0.15, 0.2) is 11.5 Å². The summed E-state index contributed by atoms with van der Waals surface area (Å²) in [6, 6.07) is 7.40. The van der Waals surface area contributed by atoms with Gasteiger partial charge in [-0.3, -0.25) is 4.68 Å². The van der Waals surface area contributed by atoms with Gasteiger partial charge >= 0.3 is 0 Å². The fourth-order valence-electron chi connectivity index (χ4n) is 2.19. The Balaban J connectivity index is 2.20. The minimum atomic E-state index is -0.646. The molecule has 0 aliphatic heterocycles. The van der Waals surface area contributed by atoms with Gasteiger partial charge in [-0.05, 0) is 37.6 Å². The quantitative estimate of drug-likeness (QED) is 0.910. The second-order valence-electron chi connectivity index (χ2n) is 4.74. The maximum atomic E-state index is 10.3. The molecule has 0 spiro atoms. The van der Waals surface area contributed by atoms with E-state index in [2.05, 4.69) is 5.10 Å². The molecule has 0 fully saturated rings. The van der Waals surface area contributed by atoms with Crippen molar-refractivity contribution in [3.05, 3.63) is 41.2 Å². The molecule has 0 bridgehead atoms. The second kappa shape index (κ2) is 5.96. The van der Waals surface area contributed by atoms with E-state index in [1.54, 1.807) is 31.0 Å². The molecule has 0 saturated carbocycles. The Morgan fingerprint density at radius 1 is 1.15 bits per heavy atom. The van der Waals surface area contributed by atoms with Crippen LogP contribution in [0, 0.1) is 13.8 Å². The number of aromatic nitrogens is 2. The van der Waals surface area contributed by atoms with Crippen molar-refractivity contribution in [3.8, 4) is 11.5 Å². The number of benzene rings is 1. The summed E-state index contributed by atoms with van der Waals surface area (Å²) in [5, 5.41) is 14.7. The van der Waals surface area contributed by atoms with Crippen molar-refractivity contribution in [1.29, 1.82) is 0 Å². The standard InChI is InChI=1S/C15H20N2O3/c1-10-7-11(2)17(16-10)9-13(18)12-5-6-14(19-3)15(8-12)20-4/h5-8,13,18H,9H2,1-4H3. The molecule has 108 valence electrons. The Kier molecular flexibility index (Phi) is 4.29. The largest absolute Gasteiger partial charge is 0.493 e. The minimum Gasteiger partial charge on any atom is -0.493 e. The molecule has 1 N–H and O–H groups in total. The van der Waals surface area contributed by atoms with Gasteiger partial charge in [0.2, 0.25) is 0 Å². The van der Waals surface area contributed by atoms with Crippen molar-refractivity contribution in [3.63, 3.8) is 0 Å². The van der Waals surface area contributed by atoms with Crippen molar-refractivity contribution >= 4 is 0 Å². The molecule has 5 nitrogen and oxygen atoms in total. The predicted molar refractivity (Wildman–Crippen MR) is 76.2 cm³/mol. The van der Waals surface area contributed by atoms with Crippen LogP contribution in [0.25, 0.3) is 0 Å². The molecule has 1 aromatic heterocycles. The summed E-state index contributed by atoms with van der Waals surface area (Å²) in [7, 11) is 3.17. The van der Waals surface area contributed by atoms with E-state index >= 15 is 0 Å². The van der Waals surface area contributed by atoms with Crippen LogP contribution in [0.1, 0.15) is 23.1 Å². The summed E-state index contributed by atoms with van der Waals surface area (Å²) in [5.74, 6) is 1.26. The van der Waals surface area contributed by atoms with Crippen LogP contribution in [0.5, 0.6) is 11.5 Å². The zero-order valence-corrected chi connectivity index (χ0v) is 12.3. The fourth-order valence-corrected chi connectivity index (χ4v) is 2.19. The van der Waals surface area contributed by atoms with E-state index < -0.39 is 6.10 Å². The van der Waals surface area contributed by atoms with Crippen molar-refractivity contribution in [2.75, 3.05) is 14.2 Å². The first-order valence-electron chi connectivity index (χ1n) is 6.46. The third kappa shape index (κ3) is 2.93. The van der Waals surface area contributed by atoms with Gasteiger partial charge in [-0.2, -0.15) is 5.10 Å². The zero-order valence-electron chi connectivity index (χ0n) is 12.3. The first kappa shape index (κ1) is 14.4. The number of hydrogen-bond donors (Lipinski definition) is 1. The van der Waals surface area contributed by atoms with Crippen LogP contribution in [0.3, 0.4) is 0 Å². The highest BCUT2D eigenvalue weighted by atomic mass is 16.5. The van der Waals surface area contributed by atoms with Crippen LogP contribution in [0.4, 0.5) is 0 Å². The summed E-state index contributed by atoms with van der Waals surface area (Å²) in [5.41, 5.74) is 2.75. The Morgan fingerprint density at radius 3 is 2.40 bits per heavy atom. The lowest BCUT2D eigenvalue weighted by molar-refractivity contribution is 0.150. The van der Waals surface area contributed by atoms with Crippen molar-refractivity contribution in [2.45, 2.75) is 26.5 Å². The third-order valence-corrected chi connectivity index (χ3v) is 3.24. The molecule has 5 heteroatoms. The van der Waals surface area contributed by atoms with Gasteiger partial charge in [-0.1, -0.05) is 6.07 Å². The summed E-state index contributed by atoms with van der Waals surface area (Å²) < 4.78 is 12.2. The molecule has 20 heavy (non-hydrogen) atoms. The normalized spacial score (nSPS) is 12.2. The van der Waals surface area contributed by atoms with Crippen LogP contribution < -0.4 is 9.47 Å². The molecule has 0 radical (unpaired) electrons. The van der Waals surface area contributed by atoms with Crippen LogP contribution in [-0.4, -0.2) is 29.1 Å². The molecule has 2 rings (SSSR count). The zero-order chi connectivity index (χ0) is 14.7. The Morgan fingerprint density at radius 2 is 1.85 bits per heavy atom. The van der Waals surface area contributed by atoms with Gasteiger partial charge in [-0.25, -0.2) is 0 Å². The number of rotatable bonds is 5. The lowest BCUT2D eigenvalue weighted by Crippen LogP contribution is -2.11. The van der Waals surface area contributed by atoms with E-state index in [0.29, 0.717) is 18.0 Å². The average Bonchev–Trinajstić information content (AvgIpc) is 2.75. The molecule has 1 aromatic carbocycles. The molecule has 0 aliphatic carbocycles. The van der Waals surface area contributed by atoms with E-state index in [4.69, 9.17) is 9.47 Å². The molecule has 1 atom stereocenters. The lowest BCUT2D eigenvalue weighted by Gasteiger charge is -2.15. The van der Waals surface area contributed by atoms with E-state index in [1.165, 1.54) is 0 Å². The predicted octanol–water partition coefficient (Wildman–Crippen LogP) is 2.25. The summed E-state index contributed by atoms with van der Waals surface area (Å²) >= 11 is 0. The lowest BCUT2D eigenvalue weighted by atomic mass is 10.1. The van der Waals surface area contributed by atoms with Gasteiger partial charge in [0, 0.05) is 5.69 Å². The van der Waals surface area contributed by atoms with E-state index in [-0.39, 0.29) is 0 Å². The number of aliphatic hydroxyl groups is 1. The molecular weight excluding hydrogens is 256 g/mol. The molecule has 0 aliphatic rings. The number of methoxy groups -OCH3 is 2. The fraction of sp³-hybridized carbons (Fsp3) is 0.400. The molecule has 0 saturated heterocycles. The monoisotopic (exact) mass is 276 g/mol. The Labute approximate surface area is 118 Å². The molecular formula is C15H20N2O3. The van der Waals surface area contributed by atoms with Crippen LogP contribution >= 0.6 is 0 Å². The van der Waals surface area contributed by atoms with Gasteiger partial charge in [-0.15, -0.1) is 0 Å². The number of aliphatic hydroxyl groups excluding tert-OH is 1. The topological polar surface area (TPSA) is 56.5 Å². The first-order valence-corrected chi connectivity index (χ1v) is 6.46. The van der Waals surface area contributed by atoms with Crippen LogP contribution in [0.2, 0.25) is 0 Å². The van der Waals surface area contributed by atoms with Crippen LogP contribution in [0.15, 0.2) is 24.3 Å². The second-order valence-corrected chi connectivity index (χ2v) is 4.74. The SMILES string of the molecule is COc1ccc(C(O)Cn2nc(C)cc2C)cc1OC. The first-order chi connectivity index (χ1) is 9.55. The average molecular weight is 276 g/mol. The number of ether oxygens (including phenoxy) is 2. The van der Waals surface area contributed by atoms with Gasteiger partial charge in [0.05, 0.1) is 32.6 Å². The summed E-state index contributed by atoms with van der Waals surface area (Å²) in [6.45, 7) is 4.32. The van der Waals surface area contributed by atoms with Crippen molar-refractivity contribution < 1.29 is 14.6 Å². The Hall–Kier alpha value is -2.01. The smallest absolute Gasteiger partial charge is 0.161 e. The minimum absolute atomic E-state index is 0.412. The maximum Gasteiger partial charge on any atom is 0.161 e. The number of nitrogens with zero attached hydrogens (tertiary/aromatic N) is 2. The van der Waals surface area contributed by atoms with E-state index in [9.17, 15) is 5.11 Å². The number of aryl methyl sites for hydroxylation is 2. The molecule has 0 amide bonds.